The summed E-state index contributed by atoms with van der Waals surface area (Å²) in [6.07, 6.45) is 0. The summed E-state index contributed by atoms with van der Waals surface area (Å²) in [5.74, 6) is 1.75. The summed E-state index contributed by atoms with van der Waals surface area (Å²) >= 11 is 0. The van der Waals surface area contributed by atoms with Crippen molar-refractivity contribution in [3.8, 4) is 23.0 Å². The minimum atomic E-state index is -3.79. The fraction of sp³-hybridized carbons (Fsp3) is 0.333. The van der Waals surface area contributed by atoms with Gasteiger partial charge in [0.25, 0.3) is 0 Å². The lowest BCUT2D eigenvalue weighted by molar-refractivity contribution is 0.347. The third-order valence-electron chi connectivity index (χ3n) is 3.85. The molecule has 142 valence electrons. The SMILES string of the molecule is COc1cc(OC)c(OC)cc1CNS(=O)(=O)c1cc(C)ccc1OC. The van der Waals surface area contributed by atoms with Crippen LogP contribution in [0.15, 0.2) is 35.2 Å². The van der Waals surface area contributed by atoms with E-state index in [1.54, 1.807) is 30.3 Å². The van der Waals surface area contributed by atoms with Gasteiger partial charge in [0.1, 0.15) is 16.4 Å². The van der Waals surface area contributed by atoms with Crippen molar-refractivity contribution >= 4 is 10.0 Å². The number of nitrogens with one attached hydrogen (secondary N) is 1. The lowest BCUT2D eigenvalue weighted by Gasteiger charge is -2.15. The smallest absolute Gasteiger partial charge is 0.244 e. The van der Waals surface area contributed by atoms with E-state index in [9.17, 15) is 8.42 Å². The van der Waals surface area contributed by atoms with E-state index in [0.717, 1.165) is 5.56 Å². The number of hydrogen-bond acceptors (Lipinski definition) is 6. The van der Waals surface area contributed by atoms with Gasteiger partial charge in [0.2, 0.25) is 10.0 Å². The van der Waals surface area contributed by atoms with Crippen LogP contribution in [-0.4, -0.2) is 36.9 Å². The Kier molecular flexibility index (Phi) is 6.33. The quantitative estimate of drug-likeness (QED) is 0.757. The summed E-state index contributed by atoms with van der Waals surface area (Å²) in [5.41, 5.74) is 1.43. The molecule has 2 aromatic rings. The molecule has 8 heteroatoms. The number of sulfonamides is 1. The predicted molar refractivity (Wildman–Crippen MR) is 97.9 cm³/mol. The summed E-state index contributed by atoms with van der Waals surface area (Å²) in [6, 6.07) is 8.30. The van der Waals surface area contributed by atoms with Gasteiger partial charge >= 0.3 is 0 Å². The summed E-state index contributed by atoms with van der Waals surface area (Å²) in [4.78, 5) is 0.0828. The summed E-state index contributed by atoms with van der Waals surface area (Å²) < 4.78 is 49.0. The maximum atomic E-state index is 12.7. The summed E-state index contributed by atoms with van der Waals surface area (Å²) in [7, 11) is 2.18. The molecule has 0 saturated carbocycles. The van der Waals surface area contributed by atoms with Gasteiger partial charge in [0.15, 0.2) is 11.5 Å². The monoisotopic (exact) mass is 381 g/mol. The van der Waals surface area contributed by atoms with E-state index in [1.807, 2.05) is 6.92 Å². The van der Waals surface area contributed by atoms with E-state index in [1.165, 1.54) is 28.4 Å². The van der Waals surface area contributed by atoms with Gasteiger partial charge in [-0.3, -0.25) is 0 Å². The Morgan fingerprint density at radius 1 is 0.808 bits per heavy atom. The first-order valence-electron chi connectivity index (χ1n) is 7.79. The molecule has 0 atom stereocenters. The number of ether oxygens (including phenoxy) is 4. The number of benzene rings is 2. The summed E-state index contributed by atoms with van der Waals surface area (Å²) in [5, 5.41) is 0. The van der Waals surface area contributed by atoms with Gasteiger partial charge in [-0.1, -0.05) is 6.07 Å². The van der Waals surface area contributed by atoms with E-state index < -0.39 is 10.0 Å². The van der Waals surface area contributed by atoms with Crippen LogP contribution < -0.4 is 23.7 Å². The molecule has 0 amide bonds. The Hall–Kier alpha value is -2.45. The third-order valence-corrected chi connectivity index (χ3v) is 5.27. The molecule has 0 unspecified atom stereocenters. The number of rotatable bonds is 8. The maximum Gasteiger partial charge on any atom is 0.244 e. The minimum absolute atomic E-state index is 0.0168. The highest BCUT2D eigenvalue weighted by Gasteiger charge is 2.21. The maximum absolute atomic E-state index is 12.7. The molecule has 2 aromatic carbocycles. The van der Waals surface area contributed by atoms with Gasteiger partial charge < -0.3 is 18.9 Å². The zero-order valence-corrected chi connectivity index (χ0v) is 16.3. The van der Waals surface area contributed by atoms with Crippen molar-refractivity contribution < 1.29 is 27.4 Å². The fourth-order valence-corrected chi connectivity index (χ4v) is 3.73. The molecule has 0 bridgehead atoms. The molecular formula is C18H23NO6S. The standard InChI is InChI=1S/C18H23NO6S/c1-12-6-7-14(22-2)18(8-12)26(20,21)19-11-13-9-16(24-4)17(25-5)10-15(13)23-3/h6-10,19H,11H2,1-5H3. The summed E-state index contributed by atoms with van der Waals surface area (Å²) in [6.45, 7) is 1.83. The molecule has 0 fully saturated rings. The Morgan fingerprint density at radius 3 is 1.96 bits per heavy atom. The molecule has 0 spiro atoms. The molecule has 0 saturated heterocycles. The van der Waals surface area contributed by atoms with Crippen LogP contribution in [-0.2, 0) is 16.6 Å². The predicted octanol–water partition coefficient (Wildman–Crippen LogP) is 2.51. The molecule has 0 radical (unpaired) electrons. The lowest BCUT2D eigenvalue weighted by atomic mass is 10.1. The van der Waals surface area contributed by atoms with Crippen LogP contribution in [0, 0.1) is 6.92 Å². The molecule has 7 nitrogen and oxygen atoms in total. The highest BCUT2D eigenvalue weighted by atomic mass is 32.2. The highest BCUT2D eigenvalue weighted by molar-refractivity contribution is 7.89. The average Bonchev–Trinajstić information content (AvgIpc) is 2.65. The topological polar surface area (TPSA) is 83.1 Å². The Labute approximate surface area is 153 Å². The van der Waals surface area contributed by atoms with E-state index >= 15 is 0 Å². The van der Waals surface area contributed by atoms with E-state index in [2.05, 4.69) is 4.72 Å². The van der Waals surface area contributed by atoms with E-state index in [-0.39, 0.29) is 17.2 Å². The Morgan fingerprint density at radius 2 is 1.38 bits per heavy atom. The van der Waals surface area contributed by atoms with Crippen molar-refractivity contribution in [2.75, 3.05) is 28.4 Å². The minimum Gasteiger partial charge on any atom is -0.496 e. The van der Waals surface area contributed by atoms with Crippen molar-refractivity contribution in [3.05, 3.63) is 41.5 Å². The van der Waals surface area contributed by atoms with Crippen LogP contribution in [0.4, 0.5) is 0 Å². The van der Waals surface area contributed by atoms with Crippen molar-refractivity contribution in [3.63, 3.8) is 0 Å². The first-order valence-corrected chi connectivity index (χ1v) is 9.27. The number of methoxy groups -OCH3 is 4. The van der Waals surface area contributed by atoms with Crippen LogP contribution in [0.1, 0.15) is 11.1 Å². The normalized spacial score (nSPS) is 11.1. The zero-order valence-electron chi connectivity index (χ0n) is 15.5. The average molecular weight is 381 g/mol. The van der Waals surface area contributed by atoms with Crippen LogP contribution in [0.3, 0.4) is 0 Å². The van der Waals surface area contributed by atoms with Crippen LogP contribution in [0.2, 0.25) is 0 Å². The Bertz CT molecular complexity index is 879. The second kappa shape index (κ2) is 8.29. The first kappa shape index (κ1) is 19.9. The van der Waals surface area contributed by atoms with Gasteiger partial charge in [-0.25, -0.2) is 13.1 Å². The Balaban J connectivity index is 2.34. The van der Waals surface area contributed by atoms with Crippen molar-refractivity contribution in [1.29, 1.82) is 0 Å². The van der Waals surface area contributed by atoms with E-state index in [4.69, 9.17) is 18.9 Å². The number of hydrogen-bond donors (Lipinski definition) is 1. The molecule has 0 aliphatic carbocycles. The molecule has 1 N–H and O–H groups in total. The second-order valence-corrected chi connectivity index (χ2v) is 7.23. The van der Waals surface area contributed by atoms with Crippen LogP contribution >= 0.6 is 0 Å². The van der Waals surface area contributed by atoms with Gasteiger partial charge in [0.05, 0.1) is 28.4 Å². The fourth-order valence-electron chi connectivity index (χ4n) is 2.48. The molecular weight excluding hydrogens is 358 g/mol. The molecule has 2 rings (SSSR count). The molecule has 0 heterocycles. The molecule has 0 aromatic heterocycles. The molecule has 26 heavy (non-hydrogen) atoms. The third kappa shape index (κ3) is 4.20. The zero-order chi connectivity index (χ0) is 19.3. The first-order chi connectivity index (χ1) is 12.4. The van der Waals surface area contributed by atoms with Gasteiger partial charge in [-0.05, 0) is 30.7 Å². The lowest BCUT2D eigenvalue weighted by Crippen LogP contribution is -2.24. The van der Waals surface area contributed by atoms with Crippen LogP contribution in [0.25, 0.3) is 0 Å². The molecule has 0 aliphatic heterocycles. The largest absolute Gasteiger partial charge is 0.496 e. The van der Waals surface area contributed by atoms with Crippen molar-refractivity contribution in [1.82, 2.24) is 4.72 Å². The highest BCUT2D eigenvalue weighted by Crippen LogP contribution is 2.35. The number of aryl methyl sites for hydroxylation is 1. The van der Waals surface area contributed by atoms with Crippen molar-refractivity contribution in [2.24, 2.45) is 0 Å². The van der Waals surface area contributed by atoms with Gasteiger partial charge in [-0.15, -0.1) is 0 Å². The van der Waals surface area contributed by atoms with Gasteiger partial charge in [-0.2, -0.15) is 0 Å². The van der Waals surface area contributed by atoms with E-state index in [0.29, 0.717) is 22.8 Å². The van der Waals surface area contributed by atoms with Crippen LogP contribution in [0.5, 0.6) is 23.0 Å². The molecule has 0 aliphatic rings. The second-order valence-electron chi connectivity index (χ2n) is 5.50. The van der Waals surface area contributed by atoms with Gasteiger partial charge in [0, 0.05) is 18.2 Å². The van der Waals surface area contributed by atoms with Crippen molar-refractivity contribution in [2.45, 2.75) is 18.4 Å².